The molecule has 19 heavy (non-hydrogen) atoms. The Hall–Kier alpha value is -1.62. The molecule has 1 aliphatic heterocycles. The number of likely N-dealkylation sites (N-methyl/N-ethyl adjacent to an activating group) is 1. The van der Waals surface area contributed by atoms with Crippen LogP contribution in [-0.2, 0) is 6.42 Å². The zero-order valence-corrected chi connectivity index (χ0v) is 11.4. The van der Waals surface area contributed by atoms with Gasteiger partial charge >= 0.3 is 6.03 Å². The Bertz CT molecular complexity index is 396. The molecule has 0 bridgehead atoms. The van der Waals surface area contributed by atoms with Crippen molar-refractivity contribution in [3.8, 4) is 0 Å². The molecule has 2 heterocycles. The summed E-state index contributed by atoms with van der Waals surface area (Å²) in [5.74, 6) is 0. The number of rotatable bonds is 4. The molecule has 2 N–H and O–H groups in total. The molecular weight excluding hydrogens is 240 g/mol. The zero-order valence-electron chi connectivity index (χ0n) is 11.4. The predicted octanol–water partition coefficient (Wildman–Crippen LogP) is 1.02. The largest absolute Gasteiger partial charge is 0.338 e. The lowest BCUT2D eigenvalue weighted by Gasteiger charge is -2.30. The Morgan fingerprint density at radius 3 is 3.00 bits per heavy atom. The molecule has 0 radical (unpaired) electrons. The van der Waals surface area contributed by atoms with E-state index in [1.54, 1.807) is 12.4 Å². The van der Waals surface area contributed by atoms with Gasteiger partial charge in [0.1, 0.15) is 0 Å². The number of aromatic nitrogens is 1. The number of hydrogen-bond donors (Lipinski definition) is 2. The Morgan fingerprint density at radius 1 is 1.47 bits per heavy atom. The van der Waals surface area contributed by atoms with E-state index < -0.39 is 0 Å². The van der Waals surface area contributed by atoms with Crippen LogP contribution in [0.15, 0.2) is 24.5 Å². The lowest BCUT2D eigenvalue weighted by molar-refractivity contribution is 0.209. The van der Waals surface area contributed by atoms with E-state index in [1.807, 2.05) is 12.1 Å². The van der Waals surface area contributed by atoms with Gasteiger partial charge in [0.05, 0.1) is 0 Å². The van der Waals surface area contributed by atoms with Crippen LogP contribution >= 0.6 is 0 Å². The lowest BCUT2D eigenvalue weighted by atomic mass is 10.1. The molecular formula is C14H22N4O. The first kappa shape index (κ1) is 13.8. The van der Waals surface area contributed by atoms with E-state index in [2.05, 4.69) is 27.6 Å². The highest BCUT2D eigenvalue weighted by molar-refractivity contribution is 5.74. The number of nitrogens with zero attached hydrogens (tertiary/aromatic N) is 2. The van der Waals surface area contributed by atoms with Crippen LogP contribution in [0.25, 0.3) is 0 Å². The van der Waals surface area contributed by atoms with E-state index in [1.165, 1.54) is 5.56 Å². The van der Waals surface area contributed by atoms with Gasteiger partial charge in [-0.3, -0.25) is 4.98 Å². The monoisotopic (exact) mass is 262 g/mol. The van der Waals surface area contributed by atoms with Crippen molar-refractivity contribution in [2.24, 2.45) is 0 Å². The van der Waals surface area contributed by atoms with Crippen LogP contribution in [0.1, 0.15) is 18.4 Å². The highest BCUT2D eigenvalue weighted by Gasteiger charge is 2.18. The first-order valence-electron chi connectivity index (χ1n) is 6.86. The van der Waals surface area contributed by atoms with Crippen LogP contribution in [0.2, 0.25) is 0 Å². The van der Waals surface area contributed by atoms with Crippen molar-refractivity contribution in [3.05, 3.63) is 30.1 Å². The normalized spacial score (nSPS) is 19.9. The van der Waals surface area contributed by atoms with Crippen LogP contribution in [0, 0.1) is 0 Å². The molecule has 5 heteroatoms. The number of carbonyl (C=O) groups is 1. The molecule has 1 saturated heterocycles. The number of nitrogens with one attached hydrogen (secondary N) is 2. The van der Waals surface area contributed by atoms with E-state index >= 15 is 0 Å². The summed E-state index contributed by atoms with van der Waals surface area (Å²) in [6, 6.07) is 4.15. The van der Waals surface area contributed by atoms with Crippen LogP contribution < -0.4 is 10.6 Å². The summed E-state index contributed by atoms with van der Waals surface area (Å²) in [4.78, 5) is 18.0. The number of likely N-dealkylation sites (tertiary alicyclic amines) is 1. The van der Waals surface area contributed by atoms with Crippen molar-refractivity contribution < 1.29 is 4.79 Å². The molecule has 2 amide bonds. The van der Waals surface area contributed by atoms with Crippen molar-refractivity contribution in [1.29, 1.82) is 0 Å². The summed E-state index contributed by atoms with van der Waals surface area (Å²) in [5.41, 5.74) is 1.19. The molecule has 104 valence electrons. The van der Waals surface area contributed by atoms with Crippen LogP contribution in [-0.4, -0.2) is 48.6 Å². The minimum absolute atomic E-state index is 0.0608. The lowest BCUT2D eigenvalue weighted by Crippen LogP contribution is -2.49. The van der Waals surface area contributed by atoms with Crippen molar-refractivity contribution in [2.45, 2.75) is 25.3 Å². The second-order valence-electron chi connectivity index (χ2n) is 5.11. The number of carbonyl (C=O) groups excluding carboxylic acids is 1. The third-order valence-electron chi connectivity index (χ3n) is 3.41. The zero-order chi connectivity index (χ0) is 13.5. The Morgan fingerprint density at radius 2 is 2.26 bits per heavy atom. The Kier molecular flexibility index (Phi) is 5.15. The van der Waals surface area contributed by atoms with Gasteiger partial charge < -0.3 is 15.5 Å². The number of amides is 2. The maximum Gasteiger partial charge on any atom is 0.315 e. The Labute approximate surface area is 114 Å². The van der Waals surface area contributed by atoms with Crippen molar-refractivity contribution >= 4 is 6.03 Å². The minimum Gasteiger partial charge on any atom is -0.338 e. The van der Waals surface area contributed by atoms with Gasteiger partial charge in [-0.15, -0.1) is 0 Å². The topological polar surface area (TPSA) is 57.3 Å². The van der Waals surface area contributed by atoms with Crippen LogP contribution in [0.5, 0.6) is 0 Å². The third kappa shape index (κ3) is 4.87. The maximum absolute atomic E-state index is 11.8. The summed E-state index contributed by atoms with van der Waals surface area (Å²) in [6.07, 6.45) is 6.60. The molecule has 1 aromatic rings. The first-order valence-corrected chi connectivity index (χ1v) is 6.86. The highest BCUT2D eigenvalue weighted by Crippen LogP contribution is 2.07. The van der Waals surface area contributed by atoms with Crippen LogP contribution in [0.4, 0.5) is 4.79 Å². The molecule has 1 fully saturated rings. The summed E-state index contributed by atoms with van der Waals surface area (Å²) >= 11 is 0. The second kappa shape index (κ2) is 7.09. The van der Waals surface area contributed by atoms with Gasteiger partial charge in [-0.05, 0) is 50.6 Å². The second-order valence-corrected chi connectivity index (χ2v) is 5.11. The van der Waals surface area contributed by atoms with Gasteiger partial charge in [0.15, 0.2) is 0 Å². The van der Waals surface area contributed by atoms with Crippen molar-refractivity contribution in [3.63, 3.8) is 0 Å². The number of piperidine rings is 1. The smallest absolute Gasteiger partial charge is 0.315 e. The first-order chi connectivity index (χ1) is 9.24. The molecule has 0 spiro atoms. The van der Waals surface area contributed by atoms with Gasteiger partial charge in [-0.2, -0.15) is 0 Å². The summed E-state index contributed by atoms with van der Waals surface area (Å²) < 4.78 is 0. The maximum atomic E-state index is 11.8. The Balaban J connectivity index is 1.64. The molecule has 1 aromatic heterocycles. The van der Waals surface area contributed by atoms with Gasteiger partial charge in [0.25, 0.3) is 0 Å². The molecule has 5 nitrogen and oxygen atoms in total. The van der Waals surface area contributed by atoms with Crippen molar-refractivity contribution in [1.82, 2.24) is 20.5 Å². The number of urea groups is 1. The van der Waals surface area contributed by atoms with E-state index in [0.29, 0.717) is 6.54 Å². The average Bonchev–Trinajstić information content (AvgIpc) is 2.40. The number of pyridine rings is 1. The SMILES string of the molecule is CN1CCCC(NC(=O)NCCc2ccncc2)C1. The van der Waals surface area contributed by atoms with Crippen molar-refractivity contribution in [2.75, 3.05) is 26.7 Å². The highest BCUT2D eigenvalue weighted by atomic mass is 16.2. The molecule has 2 rings (SSSR count). The number of hydrogen-bond acceptors (Lipinski definition) is 3. The van der Waals surface area contributed by atoms with E-state index in [4.69, 9.17) is 0 Å². The van der Waals surface area contributed by atoms with Crippen LogP contribution in [0.3, 0.4) is 0 Å². The summed E-state index contributed by atoms with van der Waals surface area (Å²) in [6.45, 7) is 2.72. The van der Waals surface area contributed by atoms with Gasteiger partial charge in [-0.1, -0.05) is 0 Å². The standard InChI is InChI=1S/C14H22N4O/c1-18-10-2-3-13(11-18)17-14(19)16-9-6-12-4-7-15-8-5-12/h4-5,7-8,13H,2-3,6,9-11H2,1H3,(H2,16,17,19). The molecule has 1 unspecified atom stereocenters. The minimum atomic E-state index is -0.0608. The fourth-order valence-corrected chi connectivity index (χ4v) is 2.39. The summed E-state index contributed by atoms with van der Waals surface area (Å²) in [5, 5.41) is 5.94. The summed E-state index contributed by atoms with van der Waals surface area (Å²) in [7, 11) is 2.09. The van der Waals surface area contributed by atoms with Gasteiger partial charge in [0, 0.05) is 31.5 Å². The van der Waals surface area contributed by atoms with Gasteiger partial charge in [0.2, 0.25) is 0 Å². The fourth-order valence-electron chi connectivity index (χ4n) is 2.39. The fraction of sp³-hybridized carbons (Fsp3) is 0.571. The molecule has 1 atom stereocenters. The molecule has 0 saturated carbocycles. The molecule has 1 aliphatic rings. The molecule has 0 aliphatic carbocycles. The third-order valence-corrected chi connectivity index (χ3v) is 3.41. The average molecular weight is 262 g/mol. The van der Waals surface area contributed by atoms with E-state index in [-0.39, 0.29) is 12.1 Å². The quantitative estimate of drug-likeness (QED) is 0.851. The molecule has 0 aromatic carbocycles. The van der Waals surface area contributed by atoms with E-state index in [9.17, 15) is 4.79 Å². The predicted molar refractivity (Wildman–Crippen MR) is 75.0 cm³/mol. The van der Waals surface area contributed by atoms with Gasteiger partial charge in [-0.25, -0.2) is 4.79 Å². The van der Waals surface area contributed by atoms with E-state index in [0.717, 1.165) is 32.4 Å².